The molecule has 0 unspecified atom stereocenters. The van der Waals surface area contributed by atoms with Crippen LogP contribution in [0.25, 0.3) is 105 Å². The van der Waals surface area contributed by atoms with Crippen molar-refractivity contribution >= 4 is 49.3 Å². The van der Waals surface area contributed by atoms with Crippen LogP contribution in [0.2, 0.25) is 0 Å². The number of hydrogen-bond acceptors (Lipinski definition) is 2. The smallest absolute Gasteiger partial charge is 0.235 e. The lowest BCUT2D eigenvalue weighted by Gasteiger charge is -2.13. The molecule has 0 aliphatic heterocycles. The first-order valence-corrected chi connectivity index (χ1v) is 19.5. The first-order valence-electron chi connectivity index (χ1n) is 19.5. The Balaban J connectivity index is 1.12. The van der Waals surface area contributed by atoms with Gasteiger partial charge in [-0.3, -0.25) is 4.57 Å². The molecular formula is C53H32FN5. The van der Waals surface area contributed by atoms with Crippen LogP contribution in [0.5, 0.6) is 0 Å². The summed E-state index contributed by atoms with van der Waals surface area (Å²) in [4.78, 5) is 14.0. The van der Waals surface area contributed by atoms with Crippen molar-refractivity contribution in [3.63, 3.8) is 0 Å². The predicted octanol–water partition coefficient (Wildman–Crippen LogP) is 14.0. The summed E-state index contributed by atoms with van der Waals surface area (Å²) in [5.41, 5.74) is 11.7. The number of nitrogens with zero attached hydrogens (tertiary/aromatic N) is 5. The van der Waals surface area contributed by atoms with E-state index >= 15 is 4.39 Å². The Kier molecular flexibility index (Phi) is 7.99. The van der Waals surface area contributed by atoms with Gasteiger partial charge in [0.05, 0.1) is 40.0 Å². The zero-order chi connectivity index (χ0) is 39.5. The van der Waals surface area contributed by atoms with Crippen LogP contribution >= 0.6 is 0 Å². The third-order valence-electron chi connectivity index (χ3n) is 11.2. The van der Waals surface area contributed by atoms with Gasteiger partial charge in [-0.2, -0.15) is 0 Å². The van der Waals surface area contributed by atoms with E-state index in [4.69, 9.17) is 16.5 Å². The molecule has 276 valence electrons. The molecule has 0 saturated heterocycles. The molecule has 0 N–H and O–H groups in total. The van der Waals surface area contributed by atoms with E-state index in [1.165, 1.54) is 10.8 Å². The highest BCUT2D eigenvalue weighted by atomic mass is 19.1. The van der Waals surface area contributed by atoms with Crippen LogP contribution in [0.15, 0.2) is 194 Å². The normalized spacial score (nSPS) is 11.5. The van der Waals surface area contributed by atoms with Gasteiger partial charge in [0.2, 0.25) is 5.95 Å². The summed E-state index contributed by atoms with van der Waals surface area (Å²) in [6, 6.07) is 64.7. The van der Waals surface area contributed by atoms with E-state index in [-0.39, 0.29) is 5.82 Å². The highest BCUT2D eigenvalue weighted by Gasteiger charge is 2.20. The highest BCUT2D eigenvalue weighted by molar-refractivity contribution is 6.12. The van der Waals surface area contributed by atoms with Crippen molar-refractivity contribution in [1.29, 1.82) is 0 Å². The van der Waals surface area contributed by atoms with Crippen LogP contribution in [0.1, 0.15) is 0 Å². The molecule has 0 amide bonds. The summed E-state index contributed by atoms with van der Waals surface area (Å²) in [6.45, 7) is 7.69. The van der Waals surface area contributed by atoms with E-state index in [1.807, 2.05) is 78.9 Å². The molecule has 0 bridgehead atoms. The molecule has 59 heavy (non-hydrogen) atoms. The summed E-state index contributed by atoms with van der Waals surface area (Å²) < 4.78 is 20.7. The summed E-state index contributed by atoms with van der Waals surface area (Å²) in [6.07, 6.45) is 0. The fraction of sp³-hybridized carbons (Fsp3) is 0. The highest BCUT2D eigenvalue weighted by Crippen LogP contribution is 2.39. The molecule has 0 fully saturated rings. The molecule has 5 nitrogen and oxygen atoms in total. The molecule has 0 spiro atoms. The number of para-hydroxylation sites is 3. The first kappa shape index (κ1) is 34.1. The molecule has 0 aliphatic carbocycles. The molecule has 6 heteroatoms. The summed E-state index contributed by atoms with van der Waals surface area (Å²) >= 11 is 0. The Labute approximate surface area is 339 Å². The minimum Gasteiger partial charge on any atom is -0.309 e. The fourth-order valence-electron chi connectivity index (χ4n) is 8.46. The Morgan fingerprint density at radius 1 is 0.407 bits per heavy atom. The largest absolute Gasteiger partial charge is 0.309 e. The van der Waals surface area contributed by atoms with Crippen LogP contribution in [0.4, 0.5) is 10.1 Å². The van der Waals surface area contributed by atoms with Crippen molar-refractivity contribution in [2.45, 2.75) is 0 Å². The summed E-state index contributed by atoms with van der Waals surface area (Å²) in [7, 11) is 0. The number of benzene rings is 8. The van der Waals surface area contributed by atoms with Crippen LogP contribution in [-0.4, -0.2) is 19.1 Å². The molecule has 0 radical (unpaired) electrons. The van der Waals surface area contributed by atoms with Gasteiger partial charge in [0.1, 0.15) is 5.82 Å². The second-order valence-electron chi connectivity index (χ2n) is 14.7. The van der Waals surface area contributed by atoms with Gasteiger partial charge in [0.15, 0.2) is 5.69 Å². The van der Waals surface area contributed by atoms with Gasteiger partial charge in [-0.25, -0.2) is 19.2 Å². The second kappa shape index (κ2) is 13.8. The van der Waals surface area contributed by atoms with Crippen molar-refractivity contribution in [2.24, 2.45) is 0 Å². The number of halogens is 1. The van der Waals surface area contributed by atoms with Crippen molar-refractivity contribution < 1.29 is 4.39 Å². The second-order valence-corrected chi connectivity index (χ2v) is 14.7. The molecular weight excluding hydrogens is 726 g/mol. The van der Waals surface area contributed by atoms with E-state index in [0.717, 1.165) is 66.3 Å². The average Bonchev–Trinajstić information content (AvgIpc) is 3.81. The van der Waals surface area contributed by atoms with Crippen molar-refractivity contribution in [2.75, 3.05) is 0 Å². The van der Waals surface area contributed by atoms with E-state index in [9.17, 15) is 0 Å². The fourth-order valence-corrected chi connectivity index (χ4v) is 8.46. The lowest BCUT2D eigenvalue weighted by molar-refractivity contribution is 0.631. The lowest BCUT2D eigenvalue weighted by atomic mass is 10.0. The van der Waals surface area contributed by atoms with Gasteiger partial charge < -0.3 is 4.57 Å². The average molecular weight is 758 g/mol. The van der Waals surface area contributed by atoms with Gasteiger partial charge in [-0.15, -0.1) is 0 Å². The molecule has 0 aliphatic rings. The summed E-state index contributed by atoms with van der Waals surface area (Å²) in [5, 5.41) is 4.46. The van der Waals surface area contributed by atoms with Crippen molar-refractivity contribution in [3.8, 4) is 56.4 Å². The van der Waals surface area contributed by atoms with E-state index in [0.29, 0.717) is 28.6 Å². The van der Waals surface area contributed by atoms with Gasteiger partial charge in [-0.05, 0) is 94.5 Å². The topological polar surface area (TPSA) is 40.0 Å². The van der Waals surface area contributed by atoms with Crippen LogP contribution in [0, 0.1) is 12.4 Å². The number of fused-ring (bicyclic) bond motifs is 6. The summed E-state index contributed by atoms with van der Waals surface area (Å²) in [5.74, 6) is 0.0207. The molecule has 3 aromatic heterocycles. The van der Waals surface area contributed by atoms with Gasteiger partial charge >= 0.3 is 0 Å². The minimum absolute atomic E-state index is 0.361. The number of aromatic nitrogens is 4. The lowest BCUT2D eigenvalue weighted by Crippen LogP contribution is -2.04. The molecule has 11 rings (SSSR count). The SMILES string of the molecule is [C-]#[N+]c1cccc(-c2cc(-c3ccc(-c4ccccc4)cc3F)nc(-n3c4ccccc4c4ccc(-c5ccc6c(c5)c5ccccc5n6-c5ccccc5)cc43)n2)c1. The van der Waals surface area contributed by atoms with E-state index in [2.05, 4.69) is 111 Å². The zero-order valence-corrected chi connectivity index (χ0v) is 31.6. The third kappa shape index (κ3) is 5.76. The first-order chi connectivity index (χ1) is 29.1. The Morgan fingerprint density at radius 3 is 1.78 bits per heavy atom. The molecule has 8 aromatic carbocycles. The number of rotatable bonds is 6. The quantitative estimate of drug-likeness (QED) is 0.159. The molecule has 0 saturated carbocycles. The van der Waals surface area contributed by atoms with Crippen molar-refractivity contribution in [1.82, 2.24) is 19.1 Å². The van der Waals surface area contributed by atoms with Crippen LogP contribution in [0.3, 0.4) is 0 Å². The molecule has 11 aromatic rings. The minimum atomic E-state index is -0.384. The van der Waals surface area contributed by atoms with Gasteiger partial charge in [0.25, 0.3) is 0 Å². The Bertz CT molecular complexity index is 3470. The Hall–Kier alpha value is -8.14. The monoisotopic (exact) mass is 757 g/mol. The van der Waals surface area contributed by atoms with Gasteiger partial charge in [-0.1, -0.05) is 127 Å². The third-order valence-corrected chi connectivity index (χ3v) is 11.2. The predicted molar refractivity (Wildman–Crippen MR) is 239 cm³/mol. The van der Waals surface area contributed by atoms with E-state index < -0.39 is 0 Å². The van der Waals surface area contributed by atoms with E-state index in [1.54, 1.807) is 18.2 Å². The van der Waals surface area contributed by atoms with Gasteiger partial charge in [0, 0.05) is 32.8 Å². The Morgan fingerprint density at radius 2 is 1.00 bits per heavy atom. The maximum atomic E-state index is 16.3. The standard InChI is InChI=1S/C53H32FN5/c1-55-39-16-12-15-38(29-39)47-33-48(44-27-24-36(31-46(44)54)34-13-4-2-5-14-34)57-53(56-47)59-50-22-11-8-19-41(50)43-26-23-37(32-52(43)59)35-25-28-51-45(30-35)42-20-9-10-21-49(42)58(51)40-17-6-3-7-18-40/h2-33H. The maximum absolute atomic E-state index is 16.3. The van der Waals surface area contributed by atoms with Crippen LogP contribution < -0.4 is 0 Å². The maximum Gasteiger partial charge on any atom is 0.235 e. The number of hydrogen-bond donors (Lipinski definition) is 0. The van der Waals surface area contributed by atoms with Crippen LogP contribution in [-0.2, 0) is 0 Å². The van der Waals surface area contributed by atoms with Crippen molar-refractivity contribution in [3.05, 3.63) is 211 Å². The molecule has 3 heterocycles. The zero-order valence-electron chi connectivity index (χ0n) is 31.6. The molecule has 0 atom stereocenters.